The maximum Gasteiger partial charge on any atom is 0.248 e. The Morgan fingerprint density at radius 3 is 2.38 bits per heavy atom. The van der Waals surface area contributed by atoms with Crippen LogP contribution in [0.25, 0.3) is 0 Å². The quantitative estimate of drug-likeness (QED) is 0.373. The molecule has 0 saturated heterocycles. The zero-order valence-corrected chi connectivity index (χ0v) is 16.9. The van der Waals surface area contributed by atoms with E-state index in [9.17, 15) is 9.59 Å². The summed E-state index contributed by atoms with van der Waals surface area (Å²) >= 11 is 6.27. The SMILES string of the molecule is COc1ccc(NC(=O)CSCC(=O)NNC(=S)NCCC(C)C)cc1. The predicted octanol–water partition coefficient (Wildman–Crippen LogP) is 1.91. The lowest BCUT2D eigenvalue weighted by Crippen LogP contribution is -2.47. The number of carbonyl (C=O) groups excluding carboxylic acids is 2. The summed E-state index contributed by atoms with van der Waals surface area (Å²) in [4.78, 5) is 23.6. The van der Waals surface area contributed by atoms with E-state index in [1.807, 2.05) is 0 Å². The molecule has 0 unspecified atom stereocenters. The number of thioether (sulfide) groups is 1. The van der Waals surface area contributed by atoms with Gasteiger partial charge in [0.05, 0.1) is 18.6 Å². The molecular formula is C17H26N4O3S2. The summed E-state index contributed by atoms with van der Waals surface area (Å²) < 4.78 is 5.06. The van der Waals surface area contributed by atoms with Crippen LogP contribution < -0.4 is 26.2 Å². The fourth-order valence-corrected chi connectivity index (χ4v) is 2.56. The van der Waals surface area contributed by atoms with Crippen LogP contribution in [0.15, 0.2) is 24.3 Å². The van der Waals surface area contributed by atoms with E-state index in [-0.39, 0.29) is 23.3 Å². The highest BCUT2D eigenvalue weighted by molar-refractivity contribution is 8.00. The van der Waals surface area contributed by atoms with E-state index < -0.39 is 0 Å². The van der Waals surface area contributed by atoms with Gasteiger partial charge in [0.25, 0.3) is 0 Å². The molecule has 0 atom stereocenters. The Morgan fingerprint density at radius 1 is 1.12 bits per heavy atom. The molecule has 1 rings (SSSR count). The van der Waals surface area contributed by atoms with E-state index in [2.05, 4.69) is 35.3 Å². The minimum Gasteiger partial charge on any atom is -0.497 e. The maximum absolute atomic E-state index is 11.8. The lowest BCUT2D eigenvalue weighted by atomic mass is 10.1. The molecule has 0 spiro atoms. The number of rotatable bonds is 9. The Labute approximate surface area is 164 Å². The van der Waals surface area contributed by atoms with Crippen LogP contribution in [-0.2, 0) is 9.59 Å². The topological polar surface area (TPSA) is 91.5 Å². The van der Waals surface area contributed by atoms with Gasteiger partial charge in [-0.25, -0.2) is 0 Å². The van der Waals surface area contributed by atoms with Gasteiger partial charge in [-0.1, -0.05) is 13.8 Å². The number of nitrogens with one attached hydrogen (secondary N) is 4. The van der Waals surface area contributed by atoms with E-state index in [0.29, 0.717) is 16.7 Å². The molecule has 0 heterocycles. The van der Waals surface area contributed by atoms with Crippen molar-refractivity contribution in [3.05, 3.63) is 24.3 Å². The summed E-state index contributed by atoms with van der Waals surface area (Å²) in [6.07, 6.45) is 0.995. The fourth-order valence-electron chi connectivity index (χ4n) is 1.79. The average Bonchev–Trinajstić information content (AvgIpc) is 2.60. The van der Waals surface area contributed by atoms with Crippen molar-refractivity contribution in [1.29, 1.82) is 0 Å². The highest BCUT2D eigenvalue weighted by atomic mass is 32.2. The minimum absolute atomic E-state index is 0.150. The van der Waals surface area contributed by atoms with Gasteiger partial charge < -0.3 is 15.4 Å². The first-order chi connectivity index (χ1) is 12.4. The molecule has 9 heteroatoms. The summed E-state index contributed by atoms with van der Waals surface area (Å²) in [5.41, 5.74) is 5.82. The number of hydrazine groups is 1. The van der Waals surface area contributed by atoms with Crippen LogP contribution in [0.4, 0.5) is 5.69 Å². The third-order valence-electron chi connectivity index (χ3n) is 3.16. The molecule has 1 aromatic rings. The second-order valence-corrected chi connectivity index (χ2v) is 7.27. The van der Waals surface area contributed by atoms with Crippen molar-refractivity contribution in [3.63, 3.8) is 0 Å². The van der Waals surface area contributed by atoms with Gasteiger partial charge in [-0.2, -0.15) is 0 Å². The Hall–Kier alpha value is -2.00. The monoisotopic (exact) mass is 398 g/mol. The van der Waals surface area contributed by atoms with Crippen LogP contribution in [0.3, 0.4) is 0 Å². The first kappa shape index (κ1) is 22.0. The van der Waals surface area contributed by atoms with Gasteiger partial charge in [-0.05, 0) is 48.8 Å². The first-order valence-electron chi connectivity index (χ1n) is 8.25. The largest absolute Gasteiger partial charge is 0.497 e. The predicted molar refractivity (Wildman–Crippen MR) is 110 cm³/mol. The van der Waals surface area contributed by atoms with Gasteiger partial charge in [-0.15, -0.1) is 11.8 Å². The second-order valence-electron chi connectivity index (χ2n) is 5.88. The normalized spacial score (nSPS) is 10.2. The number of amides is 2. The molecule has 0 aliphatic rings. The van der Waals surface area contributed by atoms with Crippen LogP contribution in [0.1, 0.15) is 20.3 Å². The number of thiocarbonyl (C=S) groups is 1. The Bertz CT molecular complexity index is 594. The third-order valence-corrected chi connectivity index (χ3v) is 4.34. The number of hydrogen-bond acceptors (Lipinski definition) is 5. The van der Waals surface area contributed by atoms with Crippen LogP contribution in [0.2, 0.25) is 0 Å². The average molecular weight is 399 g/mol. The first-order valence-corrected chi connectivity index (χ1v) is 9.81. The molecule has 7 nitrogen and oxygen atoms in total. The Balaban J connectivity index is 2.14. The van der Waals surface area contributed by atoms with E-state index in [1.54, 1.807) is 31.4 Å². The standard InChI is InChI=1S/C17H26N4O3S2/c1-12(2)8-9-18-17(25)21-20-16(23)11-26-10-15(22)19-13-4-6-14(24-3)7-5-13/h4-7,12H,8-11H2,1-3H3,(H,19,22)(H,20,23)(H2,18,21,25). The number of hydrogen-bond donors (Lipinski definition) is 4. The molecule has 0 bridgehead atoms. The fraction of sp³-hybridized carbons (Fsp3) is 0.471. The number of benzene rings is 1. The molecule has 0 fully saturated rings. The number of carbonyl (C=O) groups is 2. The van der Waals surface area contributed by atoms with E-state index in [1.165, 1.54) is 11.8 Å². The van der Waals surface area contributed by atoms with Gasteiger partial charge in [0.1, 0.15) is 5.75 Å². The molecule has 0 aliphatic carbocycles. The van der Waals surface area contributed by atoms with Gasteiger partial charge in [0, 0.05) is 12.2 Å². The van der Waals surface area contributed by atoms with Gasteiger partial charge >= 0.3 is 0 Å². The molecular weight excluding hydrogens is 372 g/mol. The Kier molecular flexibility index (Phi) is 10.5. The highest BCUT2D eigenvalue weighted by Gasteiger charge is 2.07. The van der Waals surface area contributed by atoms with E-state index >= 15 is 0 Å². The van der Waals surface area contributed by atoms with Crippen molar-refractivity contribution in [1.82, 2.24) is 16.2 Å². The molecule has 0 aliphatic heterocycles. The number of anilines is 1. The Morgan fingerprint density at radius 2 is 1.77 bits per heavy atom. The lowest BCUT2D eigenvalue weighted by molar-refractivity contribution is -0.119. The molecule has 0 radical (unpaired) electrons. The molecule has 0 saturated carbocycles. The maximum atomic E-state index is 11.8. The number of ether oxygens (including phenoxy) is 1. The second kappa shape index (κ2) is 12.4. The van der Waals surface area contributed by atoms with Gasteiger partial charge in [-0.3, -0.25) is 20.4 Å². The zero-order chi connectivity index (χ0) is 19.4. The van der Waals surface area contributed by atoms with Crippen molar-refractivity contribution < 1.29 is 14.3 Å². The van der Waals surface area contributed by atoms with Crippen LogP contribution in [0.5, 0.6) is 5.75 Å². The van der Waals surface area contributed by atoms with Gasteiger partial charge in [0.2, 0.25) is 11.8 Å². The molecule has 1 aromatic carbocycles. The smallest absolute Gasteiger partial charge is 0.248 e. The van der Waals surface area contributed by atoms with Crippen molar-refractivity contribution in [2.24, 2.45) is 5.92 Å². The van der Waals surface area contributed by atoms with Crippen LogP contribution in [-0.4, -0.2) is 42.1 Å². The van der Waals surface area contributed by atoms with Gasteiger partial charge in [0.15, 0.2) is 5.11 Å². The van der Waals surface area contributed by atoms with E-state index in [4.69, 9.17) is 17.0 Å². The lowest BCUT2D eigenvalue weighted by Gasteiger charge is -2.12. The zero-order valence-electron chi connectivity index (χ0n) is 15.3. The van der Waals surface area contributed by atoms with Crippen molar-refractivity contribution in [2.45, 2.75) is 20.3 Å². The molecule has 26 heavy (non-hydrogen) atoms. The van der Waals surface area contributed by atoms with Crippen LogP contribution in [0, 0.1) is 5.92 Å². The molecule has 2 amide bonds. The summed E-state index contributed by atoms with van der Waals surface area (Å²) in [5, 5.41) is 6.14. The van der Waals surface area contributed by atoms with Crippen molar-refractivity contribution >= 4 is 46.6 Å². The summed E-state index contributed by atoms with van der Waals surface area (Å²) in [5.74, 6) is 1.21. The molecule has 4 N–H and O–H groups in total. The van der Waals surface area contributed by atoms with Crippen LogP contribution >= 0.6 is 24.0 Å². The summed E-state index contributed by atoms with van der Waals surface area (Å²) in [6, 6.07) is 7.04. The summed E-state index contributed by atoms with van der Waals surface area (Å²) in [7, 11) is 1.58. The third kappa shape index (κ3) is 10.1. The highest BCUT2D eigenvalue weighted by Crippen LogP contribution is 2.15. The van der Waals surface area contributed by atoms with Crippen molar-refractivity contribution in [2.75, 3.05) is 30.5 Å². The minimum atomic E-state index is -0.250. The van der Waals surface area contributed by atoms with E-state index in [0.717, 1.165) is 18.7 Å². The number of methoxy groups -OCH3 is 1. The summed E-state index contributed by atoms with van der Waals surface area (Å²) in [6.45, 7) is 5.00. The molecule has 0 aromatic heterocycles. The van der Waals surface area contributed by atoms with Crippen molar-refractivity contribution in [3.8, 4) is 5.75 Å². The molecule has 144 valence electrons.